The lowest BCUT2D eigenvalue weighted by atomic mass is 9.96. The van der Waals surface area contributed by atoms with Gasteiger partial charge >= 0.3 is 0 Å². The zero-order valence-electron chi connectivity index (χ0n) is 17.3. The summed E-state index contributed by atoms with van der Waals surface area (Å²) in [7, 11) is 0. The van der Waals surface area contributed by atoms with E-state index in [9.17, 15) is 4.79 Å². The molecule has 0 N–H and O–H groups in total. The van der Waals surface area contributed by atoms with E-state index in [-0.39, 0.29) is 5.91 Å². The molecule has 3 aromatic carbocycles. The molecule has 1 amide bonds. The average Bonchev–Trinajstić information content (AvgIpc) is 3.20. The second kappa shape index (κ2) is 8.45. The quantitative estimate of drug-likeness (QED) is 0.341. The van der Waals surface area contributed by atoms with E-state index in [0.29, 0.717) is 5.92 Å². The normalized spacial score (nSPS) is 14.8. The molecular weight excluding hydrogens is 424 g/mol. The molecule has 1 aliphatic heterocycles. The maximum atomic E-state index is 13.1. The third-order valence-corrected chi connectivity index (χ3v) is 7.67. The van der Waals surface area contributed by atoms with E-state index in [1.165, 1.54) is 9.88 Å². The number of rotatable bonds is 3. The summed E-state index contributed by atoms with van der Waals surface area (Å²) in [5.41, 5.74) is 3.00. The Kier molecular flexibility index (Phi) is 5.51. The molecule has 0 unspecified atom stereocenters. The van der Waals surface area contributed by atoms with Gasteiger partial charge in [-0.2, -0.15) is 0 Å². The highest BCUT2D eigenvalue weighted by Crippen LogP contribution is 2.37. The van der Waals surface area contributed by atoms with Crippen LogP contribution in [0.2, 0.25) is 5.02 Å². The van der Waals surface area contributed by atoms with Crippen molar-refractivity contribution < 1.29 is 4.79 Å². The predicted molar refractivity (Wildman–Crippen MR) is 129 cm³/mol. The summed E-state index contributed by atoms with van der Waals surface area (Å²) in [5, 5.41) is 4.19. The molecular formula is C26H23ClN2OS. The second-order valence-corrected chi connectivity index (χ2v) is 9.57. The van der Waals surface area contributed by atoms with E-state index in [4.69, 9.17) is 16.6 Å². The van der Waals surface area contributed by atoms with Crippen LogP contribution in [0.15, 0.2) is 66.7 Å². The highest BCUT2D eigenvalue weighted by atomic mass is 35.5. The van der Waals surface area contributed by atoms with Crippen molar-refractivity contribution in [1.82, 2.24) is 9.88 Å². The highest BCUT2D eigenvalue weighted by Gasteiger charge is 2.27. The lowest BCUT2D eigenvalue weighted by Crippen LogP contribution is -2.37. The molecule has 0 bridgehead atoms. The Bertz CT molecular complexity index is 1240. The van der Waals surface area contributed by atoms with Crippen molar-refractivity contribution >= 4 is 39.6 Å². The van der Waals surface area contributed by atoms with Crippen molar-refractivity contribution in [1.29, 1.82) is 0 Å². The maximum absolute atomic E-state index is 13.1. The Morgan fingerprint density at radius 2 is 1.71 bits per heavy atom. The molecule has 5 heteroatoms. The fourth-order valence-electron chi connectivity index (χ4n) is 4.30. The number of piperidine rings is 1. The second-order valence-electron chi connectivity index (χ2n) is 8.10. The summed E-state index contributed by atoms with van der Waals surface area (Å²) < 4.78 is 0. The number of hydrogen-bond acceptors (Lipinski definition) is 3. The molecule has 3 nitrogen and oxygen atoms in total. The number of likely N-dealkylation sites (tertiary alicyclic amines) is 1. The van der Waals surface area contributed by atoms with E-state index in [1.54, 1.807) is 11.3 Å². The van der Waals surface area contributed by atoms with Crippen molar-refractivity contribution in [2.24, 2.45) is 0 Å². The van der Waals surface area contributed by atoms with Crippen LogP contribution in [0.1, 0.15) is 39.8 Å². The van der Waals surface area contributed by atoms with Gasteiger partial charge in [0.2, 0.25) is 0 Å². The molecule has 4 aromatic rings. The zero-order chi connectivity index (χ0) is 21.4. The van der Waals surface area contributed by atoms with Crippen LogP contribution in [0.3, 0.4) is 0 Å². The molecule has 0 saturated carbocycles. The zero-order valence-corrected chi connectivity index (χ0v) is 18.9. The molecule has 0 radical (unpaired) electrons. The largest absolute Gasteiger partial charge is 0.339 e. The number of benzene rings is 3. The number of hydrogen-bond donors (Lipinski definition) is 0. The van der Waals surface area contributed by atoms with Gasteiger partial charge in [-0.1, -0.05) is 54.1 Å². The SMILES string of the molecule is Cc1nc(C2CCN(C(=O)c3ccc4ccccc4c3)CC2)sc1-c1ccc(Cl)cc1. The molecule has 0 aliphatic carbocycles. The first-order chi connectivity index (χ1) is 15.1. The third kappa shape index (κ3) is 4.10. The molecule has 31 heavy (non-hydrogen) atoms. The number of nitrogens with zero attached hydrogens (tertiary/aromatic N) is 2. The number of carbonyl (C=O) groups excluding carboxylic acids is 1. The predicted octanol–water partition coefficient (Wildman–Crippen LogP) is 6.94. The summed E-state index contributed by atoms with van der Waals surface area (Å²) in [6.45, 7) is 3.61. The minimum absolute atomic E-state index is 0.126. The van der Waals surface area contributed by atoms with E-state index in [0.717, 1.165) is 58.5 Å². The third-order valence-electron chi connectivity index (χ3n) is 6.05. The van der Waals surface area contributed by atoms with Gasteiger partial charge in [0.15, 0.2) is 0 Å². The van der Waals surface area contributed by atoms with Crippen LogP contribution < -0.4 is 0 Å². The summed E-state index contributed by atoms with van der Waals surface area (Å²) in [6, 6.07) is 22.1. The molecule has 2 heterocycles. The van der Waals surface area contributed by atoms with Crippen LogP contribution in [0.5, 0.6) is 0 Å². The van der Waals surface area contributed by atoms with Crippen LogP contribution in [-0.4, -0.2) is 28.9 Å². The van der Waals surface area contributed by atoms with Crippen LogP contribution in [0.4, 0.5) is 0 Å². The molecule has 156 valence electrons. The number of fused-ring (bicyclic) bond motifs is 1. The number of amides is 1. The van der Waals surface area contributed by atoms with Gasteiger partial charge in [0.25, 0.3) is 5.91 Å². The van der Waals surface area contributed by atoms with E-state index >= 15 is 0 Å². The summed E-state index contributed by atoms with van der Waals surface area (Å²) in [4.78, 5) is 21.1. The molecule has 1 aromatic heterocycles. The number of carbonyl (C=O) groups is 1. The van der Waals surface area contributed by atoms with Crippen LogP contribution in [0.25, 0.3) is 21.2 Å². The first-order valence-corrected chi connectivity index (χ1v) is 11.8. The van der Waals surface area contributed by atoms with Crippen LogP contribution >= 0.6 is 22.9 Å². The number of aryl methyl sites for hydroxylation is 1. The smallest absolute Gasteiger partial charge is 0.253 e. The molecule has 0 spiro atoms. The Hall–Kier alpha value is -2.69. The number of thiazole rings is 1. The minimum Gasteiger partial charge on any atom is -0.339 e. The van der Waals surface area contributed by atoms with Gasteiger partial charge in [0, 0.05) is 29.6 Å². The Balaban J connectivity index is 1.28. The average molecular weight is 447 g/mol. The van der Waals surface area contributed by atoms with E-state index in [2.05, 4.69) is 31.2 Å². The van der Waals surface area contributed by atoms with Gasteiger partial charge < -0.3 is 4.90 Å². The van der Waals surface area contributed by atoms with Crippen molar-refractivity contribution in [3.05, 3.63) is 88.0 Å². The summed E-state index contributed by atoms with van der Waals surface area (Å²) in [6.07, 6.45) is 1.90. The van der Waals surface area contributed by atoms with Gasteiger partial charge in [0.05, 0.1) is 15.6 Å². The molecule has 1 fully saturated rings. The van der Waals surface area contributed by atoms with Gasteiger partial charge in [-0.15, -0.1) is 11.3 Å². The van der Waals surface area contributed by atoms with Crippen molar-refractivity contribution in [3.8, 4) is 10.4 Å². The lowest BCUT2D eigenvalue weighted by Gasteiger charge is -2.31. The number of halogens is 1. The fourth-order valence-corrected chi connectivity index (χ4v) is 5.66. The van der Waals surface area contributed by atoms with Crippen molar-refractivity contribution in [2.45, 2.75) is 25.7 Å². The highest BCUT2D eigenvalue weighted by molar-refractivity contribution is 7.15. The van der Waals surface area contributed by atoms with Gasteiger partial charge in [-0.05, 0) is 60.4 Å². The Morgan fingerprint density at radius 1 is 1.00 bits per heavy atom. The van der Waals surface area contributed by atoms with Crippen LogP contribution in [0, 0.1) is 6.92 Å². The van der Waals surface area contributed by atoms with Crippen molar-refractivity contribution in [2.75, 3.05) is 13.1 Å². The number of aromatic nitrogens is 1. The van der Waals surface area contributed by atoms with E-state index in [1.807, 2.05) is 47.4 Å². The molecule has 0 atom stereocenters. The van der Waals surface area contributed by atoms with E-state index < -0.39 is 0 Å². The van der Waals surface area contributed by atoms with Gasteiger partial charge in [-0.25, -0.2) is 4.98 Å². The monoisotopic (exact) mass is 446 g/mol. The minimum atomic E-state index is 0.126. The summed E-state index contributed by atoms with van der Waals surface area (Å²) in [5.74, 6) is 0.534. The fraction of sp³-hybridized carbons (Fsp3) is 0.231. The van der Waals surface area contributed by atoms with Crippen molar-refractivity contribution in [3.63, 3.8) is 0 Å². The standard InChI is InChI=1S/C26H23ClN2OS/c1-17-24(19-8-10-23(27)11-9-19)31-25(28-17)20-12-14-29(15-13-20)26(30)22-7-6-18-4-2-3-5-21(18)16-22/h2-11,16,20H,12-15H2,1H3. The maximum Gasteiger partial charge on any atom is 0.253 e. The summed E-state index contributed by atoms with van der Waals surface area (Å²) >= 11 is 7.81. The van der Waals surface area contributed by atoms with Gasteiger partial charge in [0.1, 0.15) is 0 Å². The Morgan fingerprint density at radius 3 is 2.45 bits per heavy atom. The van der Waals surface area contributed by atoms with Gasteiger partial charge in [-0.3, -0.25) is 4.79 Å². The van der Waals surface area contributed by atoms with Crippen LogP contribution in [-0.2, 0) is 0 Å². The molecule has 5 rings (SSSR count). The lowest BCUT2D eigenvalue weighted by molar-refractivity contribution is 0.0713. The topological polar surface area (TPSA) is 33.2 Å². The first kappa shape index (κ1) is 20.2. The molecule has 1 saturated heterocycles. The first-order valence-electron chi connectivity index (χ1n) is 10.6. The molecule has 1 aliphatic rings. The Labute approximate surface area is 191 Å².